The molecular weight excluding hydrogens is 286 g/mol. The average molecular weight is 304 g/mol. The van der Waals surface area contributed by atoms with E-state index in [2.05, 4.69) is 21.5 Å². The summed E-state index contributed by atoms with van der Waals surface area (Å²) < 4.78 is 27.0. The maximum Gasteiger partial charge on any atom is 0.242 e. The van der Waals surface area contributed by atoms with Gasteiger partial charge < -0.3 is 4.90 Å². The SMILES string of the molecule is CCN1CCC(NS(=O)(=O)c2ccc(Cl)nc2)CC1. The topological polar surface area (TPSA) is 62.3 Å². The molecule has 1 aliphatic rings. The Hall–Kier alpha value is -0.690. The van der Waals surface area contributed by atoms with Crippen molar-refractivity contribution in [2.45, 2.75) is 30.7 Å². The number of nitrogens with one attached hydrogen (secondary N) is 1. The Morgan fingerprint density at radius 3 is 2.63 bits per heavy atom. The summed E-state index contributed by atoms with van der Waals surface area (Å²) in [6.45, 7) is 5.00. The molecule has 5 nitrogen and oxygen atoms in total. The molecule has 0 saturated carbocycles. The van der Waals surface area contributed by atoms with Gasteiger partial charge in [-0.2, -0.15) is 0 Å². The van der Waals surface area contributed by atoms with Crippen molar-refractivity contribution in [3.63, 3.8) is 0 Å². The Morgan fingerprint density at radius 1 is 1.42 bits per heavy atom. The third-order valence-corrected chi connectivity index (χ3v) is 5.10. The van der Waals surface area contributed by atoms with E-state index >= 15 is 0 Å². The lowest BCUT2D eigenvalue weighted by atomic mass is 10.1. The molecule has 2 rings (SSSR count). The van der Waals surface area contributed by atoms with Crippen LogP contribution in [-0.4, -0.2) is 44.0 Å². The number of likely N-dealkylation sites (tertiary alicyclic amines) is 1. The van der Waals surface area contributed by atoms with Gasteiger partial charge in [0.15, 0.2) is 0 Å². The zero-order valence-corrected chi connectivity index (χ0v) is 12.4. The van der Waals surface area contributed by atoms with E-state index in [9.17, 15) is 8.42 Å². The number of aromatic nitrogens is 1. The van der Waals surface area contributed by atoms with Crippen LogP contribution in [0.4, 0.5) is 0 Å². The normalized spacial score (nSPS) is 18.6. The molecule has 0 aromatic carbocycles. The van der Waals surface area contributed by atoms with Crippen molar-refractivity contribution in [1.82, 2.24) is 14.6 Å². The molecule has 7 heteroatoms. The summed E-state index contributed by atoms with van der Waals surface area (Å²) in [7, 11) is -3.49. The first-order valence-electron chi connectivity index (χ1n) is 6.37. The minimum absolute atomic E-state index is 0.00322. The van der Waals surface area contributed by atoms with Gasteiger partial charge in [0, 0.05) is 12.2 Å². The van der Waals surface area contributed by atoms with Gasteiger partial charge in [-0.1, -0.05) is 18.5 Å². The molecule has 0 amide bonds. The Labute approximate surface area is 119 Å². The van der Waals surface area contributed by atoms with Crippen LogP contribution in [0.5, 0.6) is 0 Å². The van der Waals surface area contributed by atoms with Gasteiger partial charge in [-0.25, -0.2) is 18.1 Å². The van der Waals surface area contributed by atoms with Gasteiger partial charge in [0.2, 0.25) is 10.0 Å². The number of hydrogen-bond acceptors (Lipinski definition) is 4. The zero-order valence-electron chi connectivity index (χ0n) is 10.8. The summed E-state index contributed by atoms with van der Waals surface area (Å²) in [5.41, 5.74) is 0. The Balaban J connectivity index is 2.00. The van der Waals surface area contributed by atoms with Crippen LogP contribution in [-0.2, 0) is 10.0 Å². The fourth-order valence-corrected chi connectivity index (χ4v) is 3.54. The molecule has 1 fully saturated rings. The zero-order chi connectivity index (χ0) is 13.9. The Bertz CT molecular complexity index is 510. The number of halogens is 1. The van der Waals surface area contributed by atoms with Crippen LogP contribution in [0.15, 0.2) is 23.2 Å². The fraction of sp³-hybridized carbons (Fsp3) is 0.583. The van der Waals surface area contributed by atoms with Gasteiger partial charge in [0.05, 0.1) is 0 Å². The predicted molar refractivity (Wildman–Crippen MR) is 74.7 cm³/mol. The molecule has 1 N–H and O–H groups in total. The molecule has 0 spiro atoms. The van der Waals surface area contributed by atoms with E-state index in [-0.39, 0.29) is 16.1 Å². The van der Waals surface area contributed by atoms with Crippen molar-refractivity contribution >= 4 is 21.6 Å². The first-order chi connectivity index (χ1) is 9.01. The number of sulfonamides is 1. The Kier molecular flexibility index (Phi) is 4.78. The van der Waals surface area contributed by atoms with Crippen molar-refractivity contribution in [3.05, 3.63) is 23.5 Å². The molecule has 1 aromatic heterocycles. The van der Waals surface area contributed by atoms with E-state index in [4.69, 9.17) is 11.6 Å². The largest absolute Gasteiger partial charge is 0.303 e. The molecule has 1 saturated heterocycles. The maximum atomic E-state index is 12.2. The van der Waals surface area contributed by atoms with E-state index < -0.39 is 10.0 Å². The second-order valence-corrected chi connectivity index (χ2v) is 6.75. The lowest BCUT2D eigenvalue weighted by Gasteiger charge is -2.31. The highest BCUT2D eigenvalue weighted by Gasteiger charge is 2.24. The summed E-state index contributed by atoms with van der Waals surface area (Å²) in [6.07, 6.45) is 2.97. The molecular formula is C12H18ClN3O2S. The molecule has 106 valence electrons. The van der Waals surface area contributed by atoms with Crippen molar-refractivity contribution in [3.8, 4) is 0 Å². The van der Waals surface area contributed by atoms with Crippen molar-refractivity contribution < 1.29 is 8.42 Å². The number of pyridine rings is 1. The monoisotopic (exact) mass is 303 g/mol. The quantitative estimate of drug-likeness (QED) is 0.856. The van der Waals surface area contributed by atoms with Gasteiger partial charge in [0.1, 0.15) is 10.0 Å². The first-order valence-corrected chi connectivity index (χ1v) is 8.23. The highest BCUT2D eigenvalue weighted by Crippen LogP contribution is 2.15. The third-order valence-electron chi connectivity index (χ3n) is 3.37. The Morgan fingerprint density at radius 2 is 2.11 bits per heavy atom. The summed E-state index contributed by atoms with van der Waals surface area (Å²) in [4.78, 5) is 6.28. The fourth-order valence-electron chi connectivity index (χ4n) is 2.18. The maximum absolute atomic E-state index is 12.2. The molecule has 0 radical (unpaired) electrons. The minimum Gasteiger partial charge on any atom is -0.303 e. The smallest absolute Gasteiger partial charge is 0.242 e. The van der Waals surface area contributed by atoms with Crippen LogP contribution in [0.3, 0.4) is 0 Å². The molecule has 0 aliphatic carbocycles. The second-order valence-electron chi connectivity index (χ2n) is 4.65. The van der Waals surface area contributed by atoms with Gasteiger partial charge in [-0.15, -0.1) is 0 Å². The van der Waals surface area contributed by atoms with Gasteiger partial charge in [-0.3, -0.25) is 0 Å². The molecule has 0 unspecified atom stereocenters. The summed E-state index contributed by atoms with van der Waals surface area (Å²) in [5.74, 6) is 0. The van der Waals surface area contributed by atoms with E-state index in [1.54, 1.807) is 0 Å². The summed E-state index contributed by atoms with van der Waals surface area (Å²) >= 11 is 5.65. The lowest BCUT2D eigenvalue weighted by molar-refractivity contribution is 0.217. The van der Waals surface area contributed by atoms with Crippen LogP contribution in [0.1, 0.15) is 19.8 Å². The molecule has 1 aromatic rings. The van der Waals surface area contributed by atoms with Crippen LogP contribution in [0, 0.1) is 0 Å². The third kappa shape index (κ3) is 3.89. The number of piperidine rings is 1. The predicted octanol–water partition coefficient (Wildman–Crippen LogP) is 1.50. The number of hydrogen-bond donors (Lipinski definition) is 1. The average Bonchev–Trinajstić information content (AvgIpc) is 2.40. The highest BCUT2D eigenvalue weighted by atomic mass is 35.5. The first kappa shape index (κ1) is 14.7. The van der Waals surface area contributed by atoms with Crippen molar-refractivity contribution in [2.24, 2.45) is 0 Å². The van der Waals surface area contributed by atoms with E-state index in [0.29, 0.717) is 0 Å². The molecule has 0 bridgehead atoms. The molecule has 0 atom stereocenters. The molecule has 19 heavy (non-hydrogen) atoms. The second kappa shape index (κ2) is 6.17. The van der Waals surface area contributed by atoms with Crippen LogP contribution >= 0.6 is 11.6 Å². The lowest BCUT2D eigenvalue weighted by Crippen LogP contribution is -2.44. The number of rotatable bonds is 4. The van der Waals surface area contributed by atoms with E-state index in [1.165, 1.54) is 18.3 Å². The highest BCUT2D eigenvalue weighted by molar-refractivity contribution is 7.89. The summed E-state index contributed by atoms with van der Waals surface area (Å²) in [5, 5.41) is 0.287. The van der Waals surface area contributed by atoms with E-state index in [0.717, 1.165) is 32.5 Å². The number of nitrogens with zero attached hydrogens (tertiary/aromatic N) is 2. The van der Waals surface area contributed by atoms with Crippen LogP contribution in [0.25, 0.3) is 0 Å². The molecule has 1 aliphatic heterocycles. The van der Waals surface area contributed by atoms with Crippen LogP contribution < -0.4 is 4.72 Å². The summed E-state index contributed by atoms with van der Waals surface area (Å²) in [6, 6.07) is 2.96. The molecule has 2 heterocycles. The standard InChI is InChI=1S/C12H18ClN3O2S/c1-2-16-7-5-10(6-8-16)15-19(17,18)11-3-4-12(13)14-9-11/h3-4,9-10,15H,2,5-8H2,1H3. The minimum atomic E-state index is -3.49. The van der Waals surface area contributed by atoms with Gasteiger partial charge >= 0.3 is 0 Å². The van der Waals surface area contributed by atoms with E-state index in [1.807, 2.05) is 0 Å². The van der Waals surface area contributed by atoms with Crippen molar-refractivity contribution in [2.75, 3.05) is 19.6 Å². The van der Waals surface area contributed by atoms with Crippen molar-refractivity contribution in [1.29, 1.82) is 0 Å². The van der Waals surface area contributed by atoms with Gasteiger partial charge in [-0.05, 0) is 44.6 Å². The van der Waals surface area contributed by atoms with Crippen LogP contribution in [0.2, 0.25) is 5.15 Å². The van der Waals surface area contributed by atoms with Gasteiger partial charge in [0.25, 0.3) is 0 Å².